The van der Waals surface area contributed by atoms with Gasteiger partial charge in [0.2, 0.25) is 0 Å². The van der Waals surface area contributed by atoms with Gasteiger partial charge in [0, 0.05) is 18.1 Å². The van der Waals surface area contributed by atoms with Crippen LogP contribution in [-0.4, -0.2) is 15.2 Å². The molecule has 2 heterocycles. The maximum atomic E-state index is 4.09. The predicted molar refractivity (Wildman–Crippen MR) is 46.5 cm³/mol. The first-order chi connectivity index (χ1) is 5.88. The Labute approximate surface area is 70.8 Å². The van der Waals surface area contributed by atoms with Crippen LogP contribution in [0.25, 0.3) is 0 Å². The first-order valence-electron chi connectivity index (χ1n) is 3.85. The number of hydrogen-bond acceptors (Lipinski definition) is 1. The van der Waals surface area contributed by atoms with Crippen molar-refractivity contribution in [1.29, 1.82) is 0 Å². The van der Waals surface area contributed by atoms with Crippen molar-refractivity contribution in [2.45, 2.75) is 6.92 Å². The van der Waals surface area contributed by atoms with Crippen molar-refractivity contribution < 1.29 is 0 Å². The second kappa shape index (κ2) is 2.85. The van der Waals surface area contributed by atoms with Crippen LogP contribution in [0.3, 0.4) is 0 Å². The highest BCUT2D eigenvalue weighted by atomic mass is 15.1. The molecule has 0 aliphatic heterocycles. The summed E-state index contributed by atoms with van der Waals surface area (Å²) in [6, 6.07) is 5.96. The number of aromatic nitrogens is 3. The van der Waals surface area contributed by atoms with E-state index in [-0.39, 0.29) is 0 Å². The van der Waals surface area contributed by atoms with E-state index in [9.17, 15) is 0 Å². The number of hydrogen-bond donors (Lipinski definition) is 2. The van der Waals surface area contributed by atoms with E-state index >= 15 is 0 Å². The highest BCUT2D eigenvalue weighted by molar-refractivity contribution is 5.35. The minimum atomic E-state index is 0.984. The third kappa shape index (κ3) is 1.13. The molecule has 0 aliphatic carbocycles. The largest absolute Gasteiger partial charge is 0.364 e. The molecule has 0 aromatic carbocycles. The second-order valence-corrected chi connectivity index (χ2v) is 2.67. The van der Waals surface area contributed by atoms with E-state index in [0.29, 0.717) is 0 Å². The van der Waals surface area contributed by atoms with E-state index in [2.05, 4.69) is 15.2 Å². The molecule has 0 unspecified atom stereocenters. The summed E-state index contributed by atoms with van der Waals surface area (Å²) in [5.41, 5.74) is 2.10. The number of rotatable bonds is 2. The van der Waals surface area contributed by atoms with Crippen LogP contribution in [0, 0.1) is 5.92 Å². The van der Waals surface area contributed by atoms with E-state index in [4.69, 9.17) is 0 Å². The fraction of sp³-hybridized carbons (Fsp3) is 0.111. The highest BCUT2D eigenvalue weighted by Gasteiger charge is 2.10. The lowest BCUT2D eigenvalue weighted by Crippen LogP contribution is -1.97. The van der Waals surface area contributed by atoms with Crippen molar-refractivity contribution in [3.8, 4) is 0 Å². The quantitative estimate of drug-likeness (QED) is 0.690. The molecular weight excluding hydrogens is 150 g/mol. The van der Waals surface area contributed by atoms with Crippen molar-refractivity contribution in [2.75, 3.05) is 0 Å². The second-order valence-electron chi connectivity index (χ2n) is 2.67. The van der Waals surface area contributed by atoms with Crippen molar-refractivity contribution >= 4 is 0 Å². The first kappa shape index (κ1) is 7.16. The Morgan fingerprint density at radius 2 is 2.25 bits per heavy atom. The maximum absolute atomic E-state index is 4.09. The molecular formula is C9H10N3. The molecule has 2 rings (SSSR count). The summed E-state index contributed by atoms with van der Waals surface area (Å²) >= 11 is 0. The smallest absolute Gasteiger partial charge is 0.0753 e. The zero-order chi connectivity index (χ0) is 8.39. The van der Waals surface area contributed by atoms with E-state index < -0.39 is 0 Å². The molecule has 0 atom stereocenters. The Bertz CT molecular complexity index is 286. The van der Waals surface area contributed by atoms with Crippen LogP contribution in [0.5, 0.6) is 0 Å². The van der Waals surface area contributed by atoms with E-state index in [0.717, 1.165) is 17.3 Å². The van der Waals surface area contributed by atoms with Crippen LogP contribution >= 0.6 is 0 Å². The molecule has 0 bridgehead atoms. The molecule has 2 aromatic rings. The van der Waals surface area contributed by atoms with Crippen molar-refractivity contribution in [3.63, 3.8) is 0 Å². The zero-order valence-corrected chi connectivity index (χ0v) is 6.83. The predicted octanol–water partition coefficient (Wildman–Crippen LogP) is 1.73. The fourth-order valence-corrected chi connectivity index (χ4v) is 1.17. The molecule has 61 valence electrons. The lowest BCUT2D eigenvalue weighted by Gasteiger charge is -2.03. The monoisotopic (exact) mass is 160 g/mol. The molecule has 2 aromatic heterocycles. The minimum absolute atomic E-state index is 0.984. The van der Waals surface area contributed by atoms with E-state index in [1.54, 1.807) is 0 Å². The van der Waals surface area contributed by atoms with Gasteiger partial charge in [-0.3, -0.25) is 5.10 Å². The molecule has 0 saturated carbocycles. The highest BCUT2D eigenvalue weighted by Crippen LogP contribution is 2.18. The van der Waals surface area contributed by atoms with Gasteiger partial charge in [-0.2, -0.15) is 5.10 Å². The van der Waals surface area contributed by atoms with Gasteiger partial charge in [0.15, 0.2) is 0 Å². The third-order valence-corrected chi connectivity index (χ3v) is 1.89. The average Bonchev–Trinajstić information content (AvgIpc) is 2.77. The molecule has 12 heavy (non-hydrogen) atoms. The minimum Gasteiger partial charge on any atom is -0.364 e. The summed E-state index contributed by atoms with van der Waals surface area (Å²) in [6.07, 6.45) is 3.73. The summed E-state index contributed by atoms with van der Waals surface area (Å²) < 4.78 is 0. The van der Waals surface area contributed by atoms with Crippen LogP contribution in [0.1, 0.15) is 18.3 Å². The molecule has 3 nitrogen and oxygen atoms in total. The van der Waals surface area contributed by atoms with Gasteiger partial charge in [-0.1, -0.05) is 0 Å². The third-order valence-electron chi connectivity index (χ3n) is 1.89. The normalized spacial score (nSPS) is 10.8. The molecule has 1 radical (unpaired) electrons. The SMILES string of the molecule is C[C](c1cc[nH]n1)c1ccc[nH]1. The van der Waals surface area contributed by atoms with Gasteiger partial charge in [-0.15, -0.1) is 0 Å². The van der Waals surface area contributed by atoms with Gasteiger partial charge in [-0.25, -0.2) is 0 Å². The Morgan fingerprint density at radius 3 is 2.83 bits per heavy atom. The van der Waals surface area contributed by atoms with Gasteiger partial charge >= 0.3 is 0 Å². The van der Waals surface area contributed by atoms with Gasteiger partial charge in [-0.05, 0) is 25.1 Å². The first-order valence-corrected chi connectivity index (χ1v) is 3.85. The molecule has 3 heteroatoms. The summed E-state index contributed by atoms with van der Waals surface area (Å²) in [5, 5.41) is 6.88. The van der Waals surface area contributed by atoms with Crippen LogP contribution < -0.4 is 0 Å². The summed E-state index contributed by atoms with van der Waals surface area (Å²) in [6.45, 7) is 2.04. The summed E-state index contributed by atoms with van der Waals surface area (Å²) in [7, 11) is 0. The van der Waals surface area contributed by atoms with Crippen molar-refractivity contribution in [1.82, 2.24) is 15.2 Å². The lowest BCUT2D eigenvalue weighted by molar-refractivity contribution is 0.992. The zero-order valence-electron chi connectivity index (χ0n) is 6.83. The van der Waals surface area contributed by atoms with Gasteiger partial charge in [0.1, 0.15) is 0 Å². The van der Waals surface area contributed by atoms with Crippen LogP contribution in [0.15, 0.2) is 30.6 Å². The number of H-pyrrole nitrogens is 2. The number of nitrogens with one attached hydrogen (secondary N) is 2. The van der Waals surface area contributed by atoms with Crippen LogP contribution in [-0.2, 0) is 0 Å². The molecule has 0 spiro atoms. The Balaban J connectivity index is 2.27. The molecule has 0 aliphatic rings. The summed E-state index contributed by atoms with van der Waals surface area (Å²) in [5.74, 6) is 1.15. The summed E-state index contributed by atoms with van der Waals surface area (Å²) in [4.78, 5) is 3.13. The standard InChI is InChI=1S/C9H10N3/c1-7(8-3-2-5-10-8)9-4-6-11-12-9/h2-6,10H,1H3,(H,11,12). The lowest BCUT2D eigenvalue weighted by atomic mass is 10.1. The molecule has 0 fully saturated rings. The average molecular weight is 160 g/mol. The molecule has 0 amide bonds. The van der Waals surface area contributed by atoms with Gasteiger partial charge in [0.05, 0.1) is 11.6 Å². The topological polar surface area (TPSA) is 44.5 Å². The van der Waals surface area contributed by atoms with Crippen LogP contribution in [0.2, 0.25) is 0 Å². The van der Waals surface area contributed by atoms with Crippen LogP contribution in [0.4, 0.5) is 0 Å². The van der Waals surface area contributed by atoms with Crippen molar-refractivity contribution in [2.24, 2.45) is 0 Å². The van der Waals surface area contributed by atoms with Crippen molar-refractivity contribution in [3.05, 3.63) is 47.9 Å². The number of aromatic amines is 2. The molecule has 2 N–H and O–H groups in total. The number of nitrogens with zero attached hydrogens (tertiary/aromatic N) is 1. The van der Waals surface area contributed by atoms with Gasteiger partial charge < -0.3 is 4.98 Å². The van der Waals surface area contributed by atoms with Gasteiger partial charge in [0.25, 0.3) is 0 Å². The Kier molecular flexibility index (Phi) is 1.70. The Hall–Kier alpha value is -1.51. The fourth-order valence-electron chi connectivity index (χ4n) is 1.17. The van der Waals surface area contributed by atoms with E-state index in [1.807, 2.05) is 37.5 Å². The maximum Gasteiger partial charge on any atom is 0.0753 e. The molecule has 0 saturated heterocycles. The van der Waals surface area contributed by atoms with E-state index in [1.165, 1.54) is 0 Å². The Morgan fingerprint density at radius 1 is 1.33 bits per heavy atom.